The summed E-state index contributed by atoms with van der Waals surface area (Å²) in [6.45, 7) is 26.8. The molecular weight excluding hydrogens is 406 g/mol. The molecule has 2 N–H and O–H groups in total. The molecule has 0 aliphatic carbocycles. The number of ether oxygens (including phenoxy) is 1. The van der Waals surface area contributed by atoms with E-state index in [1.54, 1.807) is 4.90 Å². The molecule has 1 aliphatic heterocycles. The van der Waals surface area contributed by atoms with Crippen molar-refractivity contribution in [1.29, 1.82) is 0 Å². The third kappa shape index (κ3) is 17.8. The van der Waals surface area contributed by atoms with Crippen LogP contribution in [-0.2, 0) is 19.1 Å². The van der Waals surface area contributed by atoms with Gasteiger partial charge in [0.1, 0.15) is 13.1 Å². The molecule has 1 aliphatic rings. The minimum atomic E-state index is -0.378. The SMILES string of the molecule is C.C=C.C=CC(=O)N1CCOC(CCNC)(CCNC(C=O)C(C)C)C1.C=O.CC.CC. The first-order chi connectivity index (χ1) is 15.0. The van der Waals surface area contributed by atoms with E-state index in [0.717, 1.165) is 25.7 Å². The minimum absolute atomic E-state index is 0. The van der Waals surface area contributed by atoms with Crippen LogP contribution >= 0.6 is 0 Å². The van der Waals surface area contributed by atoms with E-state index in [9.17, 15) is 9.59 Å². The van der Waals surface area contributed by atoms with Gasteiger partial charge in [0.25, 0.3) is 0 Å². The summed E-state index contributed by atoms with van der Waals surface area (Å²) in [5, 5.41) is 6.43. The van der Waals surface area contributed by atoms with Crippen LogP contribution < -0.4 is 10.6 Å². The molecule has 1 heterocycles. The van der Waals surface area contributed by atoms with Crippen molar-refractivity contribution in [2.24, 2.45) is 5.92 Å². The molecule has 192 valence electrons. The second-order valence-electron chi connectivity index (χ2n) is 6.46. The molecule has 2 atom stereocenters. The Kier molecular flexibility index (Phi) is 36.9. The number of rotatable bonds is 10. The van der Waals surface area contributed by atoms with E-state index in [2.05, 4.69) is 30.4 Å². The molecule has 1 saturated heterocycles. The molecule has 32 heavy (non-hydrogen) atoms. The number of amides is 1. The summed E-state index contributed by atoms with van der Waals surface area (Å²) in [5.74, 6) is 0.204. The molecule has 0 aromatic rings. The summed E-state index contributed by atoms with van der Waals surface area (Å²) in [5.41, 5.74) is -0.378. The summed E-state index contributed by atoms with van der Waals surface area (Å²) in [7, 11) is 1.91. The maximum Gasteiger partial charge on any atom is 0.246 e. The standard InChI is InChI=1S/C17H31N3O3.2C2H6.C2H4.CH2O.CH4/c1-5-16(22)20-10-11-23-17(13-20,6-8-18-4)7-9-19-15(12-21)14(2)3;4*1-2;/h5,12,14-15,18-19H,1,6-11,13H2,2-4H3;2*1-2H3;1-2H2;1H2;1H4. The summed E-state index contributed by atoms with van der Waals surface area (Å²) >= 11 is 0. The van der Waals surface area contributed by atoms with Gasteiger partial charge in [-0.3, -0.25) is 4.79 Å². The first-order valence-electron chi connectivity index (χ1n) is 11.2. The van der Waals surface area contributed by atoms with Gasteiger partial charge >= 0.3 is 0 Å². The number of carbonyl (C=O) groups is 3. The Morgan fingerprint density at radius 1 is 1.12 bits per heavy atom. The van der Waals surface area contributed by atoms with Gasteiger partial charge in [-0.25, -0.2) is 0 Å². The predicted molar refractivity (Wildman–Crippen MR) is 139 cm³/mol. The Hall–Kier alpha value is -1.83. The third-order valence-corrected chi connectivity index (χ3v) is 4.39. The fourth-order valence-electron chi connectivity index (χ4n) is 2.85. The summed E-state index contributed by atoms with van der Waals surface area (Å²) in [4.78, 5) is 32.8. The van der Waals surface area contributed by atoms with E-state index in [-0.39, 0.29) is 30.9 Å². The van der Waals surface area contributed by atoms with Gasteiger partial charge in [-0.2, -0.15) is 0 Å². The van der Waals surface area contributed by atoms with E-state index < -0.39 is 0 Å². The molecule has 1 rings (SSSR count). The second-order valence-corrected chi connectivity index (χ2v) is 6.46. The first-order valence-corrected chi connectivity index (χ1v) is 11.2. The highest BCUT2D eigenvalue weighted by Gasteiger charge is 2.37. The smallest absolute Gasteiger partial charge is 0.246 e. The van der Waals surface area contributed by atoms with Gasteiger partial charge in [-0.15, -0.1) is 13.2 Å². The molecule has 0 spiro atoms. The highest BCUT2D eigenvalue weighted by atomic mass is 16.5. The van der Waals surface area contributed by atoms with Gasteiger partial charge in [0.05, 0.1) is 24.8 Å². The number of aldehydes is 1. The maximum atomic E-state index is 11.9. The lowest BCUT2D eigenvalue weighted by Gasteiger charge is -2.43. The van der Waals surface area contributed by atoms with Gasteiger partial charge in [0.15, 0.2) is 0 Å². The van der Waals surface area contributed by atoms with Crippen molar-refractivity contribution in [3.05, 3.63) is 25.8 Å². The van der Waals surface area contributed by atoms with Gasteiger partial charge in [-0.1, -0.05) is 55.5 Å². The zero-order valence-electron chi connectivity index (χ0n) is 21.2. The molecule has 1 amide bonds. The average Bonchev–Trinajstić information content (AvgIpc) is 2.85. The molecule has 2 unspecified atom stereocenters. The lowest BCUT2D eigenvalue weighted by molar-refractivity contribution is -0.148. The van der Waals surface area contributed by atoms with Crippen LogP contribution in [0.3, 0.4) is 0 Å². The van der Waals surface area contributed by atoms with Crippen molar-refractivity contribution in [2.45, 2.75) is 73.5 Å². The number of hydrogen-bond donors (Lipinski definition) is 2. The van der Waals surface area contributed by atoms with Crippen molar-refractivity contribution in [3.8, 4) is 0 Å². The van der Waals surface area contributed by atoms with Crippen LogP contribution in [-0.4, -0.2) is 75.4 Å². The summed E-state index contributed by atoms with van der Waals surface area (Å²) in [6.07, 6.45) is 3.89. The van der Waals surface area contributed by atoms with E-state index in [1.165, 1.54) is 6.08 Å². The fourth-order valence-corrected chi connectivity index (χ4v) is 2.85. The molecule has 0 saturated carbocycles. The zero-order valence-corrected chi connectivity index (χ0v) is 21.2. The number of morpholine rings is 1. The van der Waals surface area contributed by atoms with Gasteiger partial charge in [0, 0.05) is 6.54 Å². The molecule has 0 aromatic carbocycles. The lowest BCUT2D eigenvalue weighted by Crippen LogP contribution is -2.55. The Morgan fingerprint density at radius 2 is 1.62 bits per heavy atom. The first kappa shape index (κ1) is 40.5. The molecule has 0 aromatic heterocycles. The second kappa shape index (κ2) is 29.2. The Balaban J connectivity index is -0.000000242. The Morgan fingerprint density at radius 3 is 2.03 bits per heavy atom. The largest absolute Gasteiger partial charge is 0.371 e. The number of hydrogen-bond acceptors (Lipinski definition) is 6. The van der Waals surface area contributed by atoms with Crippen LogP contribution in [0.25, 0.3) is 0 Å². The molecule has 7 nitrogen and oxygen atoms in total. The van der Waals surface area contributed by atoms with Crippen LogP contribution in [0.5, 0.6) is 0 Å². The molecular formula is C25H53N3O4. The Bertz CT molecular complexity index is 431. The molecule has 0 radical (unpaired) electrons. The fraction of sp³-hybridized carbons (Fsp3) is 0.720. The van der Waals surface area contributed by atoms with Crippen molar-refractivity contribution < 1.29 is 19.1 Å². The van der Waals surface area contributed by atoms with Crippen LogP contribution in [0, 0.1) is 5.92 Å². The van der Waals surface area contributed by atoms with Crippen LogP contribution in [0.15, 0.2) is 25.8 Å². The number of carbonyl (C=O) groups excluding carboxylic acids is 3. The monoisotopic (exact) mass is 459 g/mol. The normalized spacial score (nSPS) is 17.1. The van der Waals surface area contributed by atoms with E-state index >= 15 is 0 Å². The Labute approximate surface area is 199 Å². The van der Waals surface area contributed by atoms with E-state index in [4.69, 9.17) is 9.53 Å². The van der Waals surface area contributed by atoms with Gasteiger partial charge < -0.3 is 29.9 Å². The van der Waals surface area contributed by atoms with Gasteiger partial charge in [-0.05, 0) is 45.0 Å². The van der Waals surface area contributed by atoms with Crippen LogP contribution in [0.2, 0.25) is 0 Å². The predicted octanol–water partition coefficient (Wildman–Crippen LogP) is 3.89. The van der Waals surface area contributed by atoms with E-state index in [0.29, 0.717) is 26.2 Å². The molecule has 1 fully saturated rings. The minimum Gasteiger partial charge on any atom is -0.371 e. The quantitative estimate of drug-likeness (QED) is 0.293. The summed E-state index contributed by atoms with van der Waals surface area (Å²) in [6, 6.07) is -0.147. The van der Waals surface area contributed by atoms with Crippen molar-refractivity contribution in [3.63, 3.8) is 0 Å². The number of nitrogens with one attached hydrogen (secondary N) is 2. The molecule has 7 heteroatoms. The summed E-state index contributed by atoms with van der Waals surface area (Å²) < 4.78 is 6.07. The van der Waals surface area contributed by atoms with Gasteiger partial charge in [0.2, 0.25) is 5.91 Å². The maximum absolute atomic E-state index is 11.9. The van der Waals surface area contributed by atoms with Crippen LogP contribution in [0.1, 0.15) is 61.8 Å². The van der Waals surface area contributed by atoms with Crippen molar-refractivity contribution in [2.75, 3.05) is 39.8 Å². The van der Waals surface area contributed by atoms with E-state index in [1.807, 2.05) is 55.4 Å². The zero-order chi connectivity index (χ0) is 25.3. The lowest BCUT2D eigenvalue weighted by atomic mass is 9.92. The number of nitrogens with zero attached hydrogens (tertiary/aromatic N) is 1. The average molecular weight is 460 g/mol. The van der Waals surface area contributed by atoms with Crippen molar-refractivity contribution in [1.82, 2.24) is 15.5 Å². The highest BCUT2D eigenvalue weighted by molar-refractivity contribution is 5.87. The van der Waals surface area contributed by atoms with Crippen molar-refractivity contribution >= 4 is 19.0 Å². The van der Waals surface area contributed by atoms with Crippen LogP contribution in [0.4, 0.5) is 0 Å². The molecule has 0 bridgehead atoms. The topological polar surface area (TPSA) is 87.7 Å². The third-order valence-electron chi connectivity index (χ3n) is 4.39. The highest BCUT2D eigenvalue weighted by Crippen LogP contribution is 2.25.